The standard InChI is InChI=1S/C39H33N/c1-40(38-22-18-34(19-23-38)36-16-8-14-32(28-36)26-30-10-4-2-5-11-30)39-24-20-35(21-25-39)37-17-9-15-33(29-37)27-31-12-6-3-7-13-31/h2-25,28-29H,26-27H2,1H3. The van der Waals surface area contributed by atoms with Crippen molar-refractivity contribution in [3.8, 4) is 22.3 Å². The van der Waals surface area contributed by atoms with Gasteiger partial charge in [0.05, 0.1) is 0 Å². The van der Waals surface area contributed by atoms with Crippen molar-refractivity contribution < 1.29 is 0 Å². The van der Waals surface area contributed by atoms with Gasteiger partial charge in [-0.1, -0.05) is 133 Å². The van der Waals surface area contributed by atoms with E-state index in [-0.39, 0.29) is 0 Å². The van der Waals surface area contributed by atoms with Crippen LogP contribution in [-0.2, 0) is 12.8 Å². The fraction of sp³-hybridized carbons (Fsp3) is 0.0769. The first-order chi connectivity index (χ1) is 19.7. The Morgan fingerprint density at radius 3 is 1.12 bits per heavy atom. The van der Waals surface area contributed by atoms with Gasteiger partial charge in [0.2, 0.25) is 0 Å². The number of rotatable bonds is 8. The predicted molar refractivity (Wildman–Crippen MR) is 170 cm³/mol. The van der Waals surface area contributed by atoms with E-state index in [0.29, 0.717) is 0 Å². The number of hydrogen-bond donors (Lipinski definition) is 0. The number of hydrogen-bond acceptors (Lipinski definition) is 1. The van der Waals surface area contributed by atoms with Gasteiger partial charge < -0.3 is 4.90 Å². The van der Waals surface area contributed by atoms with Crippen LogP contribution in [-0.4, -0.2) is 7.05 Å². The molecule has 194 valence electrons. The summed E-state index contributed by atoms with van der Waals surface area (Å²) in [6.07, 6.45) is 1.89. The second kappa shape index (κ2) is 11.9. The molecule has 0 atom stereocenters. The smallest absolute Gasteiger partial charge is 0.0408 e. The summed E-state index contributed by atoms with van der Waals surface area (Å²) >= 11 is 0. The van der Waals surface area contributed by atoms with Gasteiger partial charge in [0, 0.05) is 18.4 Å². The third-order valence-electron chi connectivity index (χ3n) is 7.53. The van der Waals surface area contributed by atoms with E-state index < -0.39 is 0 Å². The zero-order valence-electron chi connectivity index (χ0n) is 22.9. The minimum atomic E-state index is 0.947. The lowest BCUT2D eigenvalue weighted by atomic mass is 9.98. The van der Waals surface area contributed by atoms with Crippen LogP contribution in [0.1, 0.15) is 22.3 Å². The maximum absolute atomic E-state index is 2.30. The molecule has 0 spiro atoms. The van der Waals surface area contributed by atoms with Crippen LogP contribution in [0.4, 0.5) is 11.4 Å². The Bertz CT molecular complexity index is 1540. The van der Waals surface area contributed by atoms with Gasteiger partial charge in [-0.05, 0) is 81.6 Å². The van der Waals surface area contributed by atoms with Crippen LogP contribution in [0, 0.1) is 0 Å². The maximum atomic E-state index is 2.30. The molecule has 0 heterocycles. The van der Waals surface area contributed by atoms with E-state index in [4.69, 9.17) is 0 Å². The minimum absolute atomic E-state index is 0.947. The van der Waals surface area contributed by atoms with Crippen LogP contribution in [0.5, 0.6) is 0 Å². The summed E-state index contributed by atoms with van der Waals surface area (Å²) in [4.78, 5) is 2.24. The van der Waals surface area contributed by atoms with E-state index in [9.17, 15) is 0 Å². The highest BCUT2D eigenvalue weighted by atomic mass is 15.1. The lowest BCUT2D eigenvalue weighted by molar-refractivity contribution is 1.19. The molecule has 0 radical (unpaired) electrons. The van der Waals surface area contributed by atoms with Crippen molar-refractivity contribution in [1.82, 2.24) is 0 Å². The summed E-state index contributed by atoms with van der Waals surface area (Å²) in [5.74, 6) is 0. The zero-order valence-corrected chi connectivity index (χ0v) is 22.9. The molecule has 0 aromatic heterocycles. The Hall–Kier alpha value is -4.88. The first kappa shape index (κ1) is 25.4. The van der Waals surface area contributed by atoms with Crippen LogP contribution in [0.15, 0.2) is 158 Å². The molecule has 0 amide bonds. The van der Waals surface area contributed by atoms with Gasteiger partial charge in [-0.25, -0.2) is 0 Å². The predicted octanol–water partition coefficient (Wildman–Crippen LogP) is 9.97. The molecule has 0 N–H and O–H groups in total. The summed E-state index contributed by atoms with van der Waals surface area (Å²) in [6.45, 7) is 0. The van der Waals surface area contributed by atoms with E-state index in [1.54, 1.807) is 0 Å². The van der Waals surface area contributed by atoms with Crippen molar-refractivity contribution in [3.63, 3.8) is 0 Å². The van der Waals surface area contributed by atoms with Gasteiger partial charge in [0.1, 0.15) is 0 Å². The molecule has 0 fully saturated rings. The van der Waals surface area contributed by atoms with Crippen molar-refractivity contribution in [2.75, 3.05) is 11.9 Å². The van der Waals surface area contributed by atoms with E-state index in [1.807, 2.05) is 0 Å². The zero-order chi connectivity index (χ0) is 27.1. The maximum Gasteiger partial charge on any atom is 0.0408 e. The van der Waals surface area contributed by atoms with Crippen molar-refractivity contribution in [2.24, 2.45) is 0 Å². The van der Waals surface area contributed by atoms with E-state index in [0.717, 1.165) is 12.8 Å². The summed E-state index contributed by atoms with van der Waals surface area (Å²) in [7, 11) is 2.13. The van der Waals surface area contributed by atoms with E-state index in [1.165, 1.54) is 55.9 Å². The number of nitrogens with zero attached hydrogens (tertiary/aromatic N) is 1. The molecule has 0 aliphatic rings. The summed E-state index contributed by atoms with van der Waals surface area (Å²) in [5.41, 5.74) is 12.6. The van der Waals surface area contributed by atoms with Gasteiger partial charge in [-0.15, -0.1) is 0 Å². The first-order valence-corrected chi connectivity index (χ1v) is 13.9. The van der Waals surface area contributed by atoms with Crippen LogP contribution in [0.3, 0.4) is 0 Å². The van der Waals surface area contributed by atoms with Crippen LogP contribution in [0.25, 0.3) is 22.3 Å². The van der Waals surface area contributed by atoms with Crippen molar-refractivity contribution >= 4 is 11.4 Å². The monoisotopic (exact) mass is 515 g/mol. The molecular formula is C39H33N. The molecule has 0 saturated heterocycles. The van der Waals surface area contributed by atoms with Crippen molar-refractivity contribution in [3.05, 3.63) is 180 Å². The molecule has 0 bridgehead atoms. The summed E-state index contributed by atoms with van der Waals surface area (Å²) < 4.78 is 0. The lowest BCUT2D eigenvalue weighted by Gasteiger charge is -2.20. The molecule has 0 aliphatic heterocycles. The summed E-state index contributed by atoms with van der Waals surface area (Å²) in [5, 5.41) is 0. The molecule has 6 aromatic carbocycles. The largest absolute Gasteiger partial charge is 0.345 e. The lowest BCUT2D eigenvalue weighted by Crippen LogP contribution is -2.08. The SMILES string of the molecule is CN(c1ccc(-c2cccc(Cc3ccccc3)c2)cc1)c1ccc(-c2cccc(Cc3ccccc3)c2)cc1. The first-order valence-electron chi connectivity index (χ1n) is 13.9. The van der Waals surface area contributed by atoms with Gasteiger partial charge in [0.25, 0.3) is 0 Å². The Morgan fingerprint density at radius 1 is 0.350 bits per heavy atom. The second-order valence-corrected chi connectivity index (χ2v) is 10.4. The highest BCUT2D eigenvalue weighted by Crippen LogP contribution is 2.30. The number of anilines is 2. The van der Waals surface area contributed by atoms with Gasteiger partial charge >= 0.3 is 0 Å². The fourth-order valence-electron chi connectivity index (χ4n) is 5.29. The topological polar surface area (TPSA) is 3.24 Å². The fourth-order valence-corrected chi connectivity index (χ4v) is 5.29. The highest BCUT2D eigenvalue weighted by Gasteiger charge is 2.07. The molecule has 40 heavy (non-hydrogen) atoms. The Labute approximate surface area is 238 Å². The second-order valence-electron chi connectivity index (χ2n) is 10.4. The van der Waals surface area contributed by atoms with Crippen LogP contribution in [0.2, 0.25) is 0 Å². The molecule has 1 nitrogen and oxygen atoms in total. The van der Waals surface area contributed by atoms with Gasteiger partial charge in [0.15, 0.2) is 0 Å². The van der Waals surface area contributed by atoms with Crippen LogP contribution >= 0.6 is 0 Å². The molecule has 0 aliphatic carbocycles. The Morgan fingerprint density at radius 2 is 0.725 bits per heavy atom. The van der Waals surface area contributed by atoms with Crippen molar-refractivity contribution in [2.45, 2.75) is 12.8 Å². The Balaban J connectivity index is 1.14. The molecule has 1 heteroatoms. The molecule has 6 aromatic rings. The summed E-state index contributed by atoms with van der Waals surface area (Å²) in [6, 6.07) is 56.8. The van der Waals surface area contributed by atoms with Crippen molar-refractivity contribution in [1.29, 1.82) is 0 Å². The van der Waals surface area contributed by atoms with Gasteiger partial charge in [-0.2, -0.15) is 0 Å². The molecule has 6 rings (SSSR count). The van der Waals surface area contributed by atoms with E-state index >= 15 is 0 Å². The van der Waals surface area contributed by atoms with E-state index in [2.05, 4.69) is 170 Å². The average molecular weight is 516 g/mol. The Kier molecular flexibility index (Phi) is 7.55. The molecule has 0 unspecified atom stereocenters. The highest BCUT2D eigenvalue weighted by molar-refractivity contribution is 5.72. The minimum Gasteiger partial charge on any atom is -0.345 e. The average Bonchev–Trinajstić information content (AvgIpc) is 3.02. The third kappa shape index (κ3) is 6.06. The molecular weight excluding hydrogens is 482 g/mol. The third-order valence-corrected chi connectivity index (χ3v) is 7.53. The van der Waals surface area contributed by atoms with Gasteiger partial charge in [-0.3, -0.25) is 0 Å². The van der Waals surface area contributed by atoms with Crippen LogP contribution < -0.4 is 4.90 Å². The normalized spacial score (nSPS) is 10.8. The number of benzene rings is 6. The quantitative estimate of drug-likeness (QED) is 0.195. The molecule has 0 saturated carbocycles.